The first-order valence-electron chi connectivity index (χ1n) is 7.16. The van der Waals surface area contributed by atoms with Gasteiger partial charge in [0, 0.05) is 24.0 Å². The lowest BCUT2D eigenvalue weighted by molar-refractivity contribution is -0.117. The van der Waals surface area contributed by atoms with Gasteiger partial charge in [-0.15, -0.1) is 0 Å². The summed E-state index contributed by atoms with van der Waals surface area (Å²) in [7, 11) is 0. The second-order valence-corrected chi connectivity index (χ2v) is 5.89. The Morgan fingerprint density at radius 2 is 2.19 bits per heavy atom. The summed E-state index contributed by atoms with van der Waals surface area (Å²) in [6.45, 7) is 5.34. The van der Waals surface area contributed by atoms with Gasteiger partial charge in [0.25, 0.3) is 5.91 Å². The van der Waals surface area contributed by atoms with E-state index in [-0.39, 0.29) is 17.9 Å². The van der Waals surface area contributed by atoms with Gasteiger partial charge in [0.1, 0.15) is 5.69 Å². The van der Waals surface area contributed by atoms with Crippen LogP contribution >= 0.6 is 0 Å². The van der Waals surface area contributed by atoms with Crippen molar-refractivity contribution in [2.24, 2.45) is 5.92 Å². The van der Waals surface area contributed by atoms with Gasteiger partial charge in [-0.05, 0) is 30.5 Å². The summed E-state index contributed by atoms with van der Waals surface area (Å²) < 4.78 is 0. The fourth-order valence-electron chi connectivity index (χ4n) is 2.89. The van der Waals surface area contributed by atoms with Crippen molar-refractivity contribution < 1.29 is 9.59 Å². The van der Waals surface area contributed by atoms with Crippen LogP contribution in [-0.2, 0) is 4.79 Å². The molecule has 1 aromatic carbocycles. The highest BCUT2D eigenvalue weighted by Crippen LogP contribution is 2.18. The van der Waals surface area contributed by atoms with E-state index in [0.717, 1.165) is 22.9 Å². The summed E-state index contributed by atoms with van der Waals surface area (Å²) in [6.07, 6.45) is 0.842. The van der Waals surface area contributed by atoms with Gasteiger partial charge in [0.2, 0.25) is 6.41 Å². The Morgan fingerprint density at radius 1 is 1.38 bits per heavy atom. The van der Waals surface area contributed by atoms with Gasteiger partial charge >= 0.3 is 0 Å². The number of nitrogens with zero attached hydrogens (tertiary/aromatic N) is 1. The number of amides is 2. The zero-order chi connectivity index (χ0) is 15.0. The number of aryl methyl sites for hydroxylation is 1. The van der Waals surface area contributed by atoms with Crippen LogP contribution in [0, 0.1) is 12.8 Å². The van der Waals surface area contributed by atoms with E-state index in [2.05, 4.69) is 10.3 Å². The lowest BCUT2D eigenvalue weighted by Crippen LogP contribution is -2.39. The summed E-state index contributed by atoms with van der Waals surface area (Å²) in [4.78, 5) is 28.0. The molecular formula is C16H19N3O2. The van der Waals surface area contributed by atoms with Crippen LogP contribution in [0.5, 0.6) is 0 Å². The van der Waals surface area contributed by atoms with Crippen molar-refractivity contribution in [3.8, 4) is 0 Å². The van der Waals surface area contributed by atoms with Crippen LogP contribution < -0.4 is 5.32 Å². The number of aromatic nitrogens is 1. The lowest BCUT2D eigenvalue weighted by Gasteiger charge is -2.15. The molecule has 5 nitrogen and oxygen atoms in total. The molecule has 1 aromatic heterocycles. The highest BCUT2D eigenvalue weighted by atomic mass is 16.2. The van der Waals surface area contributed by atoms with Crippen molar-refractivity contribution in [3.05, 3.63) is 35.5 Å². The Morgan fingerprint density at radius 3 is 2.90 bits per heavy atom. The van der Waals surface area contributed by atoms with Crippen LogP contribution in [-0.4, -0.2) is 41.3 Å². The maximum absolute atomic E-state index is 12.3. The number of aromatic amines is 1. The molecule has 0 radical (unpaired) electrons. The van der Waals surface area contributed by atoms with Crippen LogP contribution in [0.4, 0.5) is 0 Å². The Bertz CT molecular complexity index is 692. The number of likely N-dealkylation sites (tertiary alicyclic amines) is 1. The molecule has 0 bridgehead atoms. The molecule has 110 valence electrons. The highest BCUT2D eigenvalue weighted by molar-refractivity contribution is 5.98. The molecule has 2 N–H and O–H groups in total. The van der Waals surface area contributed by atoms with Gasteiger partial charge in [-0.1, -0.05) is 19.1 Å². The lowest BCUT2D eigenvalue weighted by atomic mass is 10.1. The van der Waals surface area contributed by atoms with Gasteiger partial charge in [0.05, 0.1) is 6.04 Å². The van der Waals surface area contributed by atoms with Crippen LogP contribution in [0.15, 0.2) is 24.3 Å². The first-order valence-corrected chi connectivity index (χ1v) is 7.16. The fourth-order valence-corrected chi connectivity index (χ4v) is 2.89. The van der Waals surface area contributed by atoms with Gasteiger partial charge < -0.3 is 15.2 Å². The molecule has 2 atom stereocenters. The summed E-state index contributed by atoms with van der Waals surface area (Å²) in [6, 6.07) is 7.93. The summed E-state index contributed by atoms with van der Waals surface area (Å²) in [5.74, 6) is 0.152. The van der Waals surface area contributed by atoms with Crippen molar-refractivity contribution in [2.75, 3.05) is 13.1 Å². The van der Waals surface area contributed by atoms with E-state index < -0.39 is 0 Å². The number of fused-ring (bicyclic) bond motifs is 1. The first-order chi connectivity index (χ1) is 10.1. The number of carbonyl (C=O) groups excluding carboxylic acids is 2. The zero-order valence-electron chi connectivity index (χ0n) is 12.2. The Kier molecular flexibility index (Phi) is 3.41. The van der Waals surface area contributed by atoms with Crippen LogP contribution in [0.3, 0.4) is 0 Å². The van der Waals surface area contributed by atoms with Crippen molar-refractivity contribution in [2.45, 2.75) is 19.9 Å². The minimum atomic E-state index is -0.117. The normalized spacial score (nSPS) is 21.7. The topological polar surface area (TPSA) is 65.2 Å². The third-order valence-electron chi connectivity index (χ3n) is 4.13. The SMILES string of the molecule is Cc1ccc2cc(C(=O)NC3CN(C=O)CC3C)[nH]c2c1. The van der Waals surface area contributed by atoms with E-state index in [1.807, 2.05) is 38.1 Å². The Labute approximate surface area is 123 Å². The number of benzene rings is 1. The van der Waals surface area contributed by atoms with E-state index in [9.17, 15) is 9.59 Å². The Balaban J connectivity index is 1.76. The van der Waals surface area contributed by atoms with E-state index in [1.165, 1.54) is 0 Å². The van der Waals surface area contributed by atoms with E-state index in [4.69, 9.17) is 0 Å². The largest absolute Gasteiger partial charge is 0.351 e. The molecule has 1 fully saturated rings. The number of carbonyl (C=O) groups is 2. The van der Waals surface area contributed by atoms with Crippen LogP contribution in [0.1, 0.15) is 23.0 Å². The van der Waals surface area contributed by atoms with Gasteiger partial charge in [-0.25, -0.2) is 0 Å². The van der Waals surface area contributed by atoms with Crippen molar-refractivity contribution in [3.63, 3.8) is 0 Å². The van der Waals surface area contributed by atoms with Gasteiger partial charge in [-0.2, -0.15) is 0 Å². The average Bonchev–Trinajstić information content (AvgIpc) is 3.02. The summed E-state index contributed by atoms with van der Waals surface area (Å²) in [5, 5.41) is 4.04. The molecule has 2 aromatic rings. The fraction of sp³-hybridized carbons (Fsp3) is 0.375. The third-order valence-corrected chi connectivity index (χ3v) is 4.13. The smallest absolute Gasteiger partial charge is 0.268 e. The van der Waals surface area contributed by atoms with Crippen LogP contribution in [0.25, 0.3) is 10.9 Å². The maximum atomic E-state index is 12.3. The molecule has 1 aliphatic rings. The van der Waals surface area contributed by atoms with Crippen molar-refractivity contribution in [1.29, 1.82) is 0 Å². The molecule has 0 spiro atoms. The molecule has 0 saturated carbocycles. The number of hydrogen-bond acceptors (Lipinski definition) is 2. The first kappa shape index (κ1) is 13.7. The Hall–Kier alpha value is -2.30. The number of rotatable bonds is 3. The predicted molar refractivity (Wildman–Crippen MR) is 81.1 cm³/mol. The standard InChI is InChI=1S/C16H19N3O2/c1-10-3-4-12-6-14(17-13(12)5-10)16(21)18-15-8-19(9-20)7-11(15)2/h3-6,9,11,15,17H,7-8H2,1-2H3,(H,18,21). The maximum Gasteiger partial charge on any atom is 0.268 e. The third kappa shape index (κ3) is 2.63. The molecule has 3 rings (SSSR count). The molecule has 5 heteroatoms. The predicted octanol–water partition coefficient (Wildman–Crippen LogP) is 1.68. The molecule has 2 unspecified atom stereocenters. The number of hydrogen-bond donors (Lipinski definition) is 2. The second kappa shape index (κ2) is 5.24. The molecule has 21 heavy (non-hydrogen) atoms. The summed E-state index contributed by atoms with van der Waals surface area (Å²) in [5.41, 5.74) is 2.68. The monoisotopic (exact) mass is 285 g/mol. The second-order valence-electron chi connectivity index (χ2n) is 5.89. The van der Waals surface area contributed by atoms with E-state index in [1.54, 1.807) is 4.90 Å². The molecule has 2 heterocycles. The average molecular weight is 285 g/mol. The molecule has 2 amide bonds. The molecule has 0 aliphatic carbocycles. The van der Waals surface area contributed by atoms with E-state index in [0.29, 0.717) is 18.8 Å². The minimum absolute atomic E-state index is 0.0100. The zero-order valence-corrected chi connectivity index (χ0v) is 12.2. The van der Waals surface area contributed by atoms with Gasteiger partial charge in [-0.3, -0.25) is 9.59 Å². The quantitative estimate of drug-likeness (QED) is 0.843. The highest BCUT2D eigenvalue weighted by Gasteiger charge is 2.30. The van der Waals surface area contributed by atoms with Crippen molar-refractivity contribution in [1.82, 2.24) is 15.2 Å². The molecule has 1 saturated heterocycles. The van der Waals surface area contributed by atoms with E-state index >= 15 is 0 Å². The molecule has 1 aliphatic heterocycles. The number of H-pyrrole nitrogens is 1. The minimum Gasteiger partial charge on any atom is -0.351 e. The molecular weight excluding hydrogens is 266 g/mol. The summed E-state index contributed by atoms with van der Waals surface area (Å²) >= 11 is 0. The number of nitrogens with one attached hydrogen (secondary N) is 2. The van der Waals surface area contributed by atoms with Crippen LogP contribution in [0.2, 0.25) is 0 Å². The van der Waals surface area contributed by atoms with Crippen molar-refractivity contribution >= 4 is 23.2 Å². The van der Waals surface area contributed by atoms with Gasteiger partial charge in [0.15, 0.2) is 0 Å².